The first-order valence-electron chi connectivity index (χ1n) is 11.7. The van der Waals surface area contributed by atoms with Crippen LogP contribution in [0.3, 0.4) is 0 Å². The first-order valence-corrected chi connectivity index (χ1v) is 12.6. The van der Waals surface area contributed by atoms with Crippen molar-refractivity contribution in [3.8, 4) is 11.5 Å². The lowest BCUT2D eigenvalue weighted by Gasteiger charge is -2.28. The number of ether oxygens (including phenoxy) is 3. The van der Waals surface area contributed by atoms with Gasteiger partial charge in [0.1, 0.15) is 11.5 Å². The molecule has 0 spiro atoms. The number of nitrogens with zero attached hydrogens (tertiary/aromatic N) is 1. The zero-order valence-electron chi connectivity index (χ0n) is 20.0. The standard InChI is InChI=1S/C26H24Cl2N2O7/c1-35-14-7-8-18(36-2)17(9-14)29-19(31)11-37-26(34)12-3-5-13(6-4-12)30-24(32)20-15-10-16(21(20)25(30)33)23(28)22(15)27/h3-9,15-16,20-23H,10-11H2,1-2H3,(H,29,31)/t15-,16-,20-,21+,22+,23+/m1/s1. The minimum atomic E-state index is -0.733. The highest BCUT2D eigenvalue weighted by Crippen LogP contribution is 2.59. The zero-order chi connectivity index (χ0) is 26.4. The van der Waals surface area contributed by atoms with Crippen LogP contribution < -0.4 is 19.7 Å². The SMILES string of the molecule is COc1ccc(OC)c(NC(=O)COC(=O)c2ccc(N3C(=O)[C@@H]4[C@H]5C[C@@H]([C@H](Cl)[C@H]5Cl)[C@@H]4C3=O)cc2)c1. The van der Waals surface area contributed by atoms with Crippen LogP contribution in [-0.4, -0.2) is 55.3 Å². The monoisotopic (exact) mass is 546 g/mol. The van der Waals surface area contributed by atoms with Crippen molar-refractivity contribution in [3.05, 3.63) is 48.0 Å². The molecule has 194 valence electrons. The number of nitrogens with one attached hydrogen (secondary N) is 1. The lowest BCUT2D eigenvalue weighted by atomic mass is 9.80. The van der Waals surface area contributed by atoms with Crippen LogP contribution in [0, 0.1) is 23.7 Å². The molecule has 5 rings (SSSR count). The molecule has 2 bridgehead atoms. The van der Waals surface area contributed by atoms with E-state index in [-0.39, 0.29) is 40.0 Å². The van der Waals surface area contributed by atoms with E-state index < -0.39 is 30.3 Å². The Kier molecular flexibility index (Phi) is 6.76. The first kappa shape index (κ1) is 25.4. The molecule has 1 heterocycles. The number of imide groups is 1. The van der Waals surface area contributed by atoms with Gasteiger partial charge >= 0.3 is 5.97 Å². The smallest absolute Gasteiger partial charge is 0.338 e. The third kappa shape index (κ3) is 4.30. The summed E-state index contributed by atoms with van der Waals surface area (Å²) in [5, 5.41) is 1.96. The molecule has 3 fully saturated rings. The molecule has 11 heteroatoms. The molecular formula is C26H24Cl2N2O7. The molecule has 0 aromatic heterocycles. The second kappa shape index (κ2) is 9.87. The van der Waals surface area contributed by atoms with Gasteiger partial charge in [0.2, 0.25) is 11.8 Å². The molecule has 1 saturated heterocycles. The Balaban J connectivity index is 1.21. The minimum Gasteiger partial charge on any atom is -0.497 e. The van der Waals surface area contributed by atoms with E-state index in [9.17, 15) is 19.2 Å². The lowest BCUT2D eigenvalue weighted by Crippen LogP contribution is -2.37. The van der Waals surface area contributed by atoms with Gasteiger partial charge < -0.3 is 19.5 Å². The third-order valence-corrected chi connectivity index (χ3v) is 8.68. The van der Waals surface area contributed by atoms with Crippen molar-refractivity contribution >= 4 is 58.3 Å². The fourth-order valence-electron chi connectivity index (χ4n) is 5.66. The van der Waals surface area contributed by atoms with Gasteiger partial charge in [0.25, 0.3) is 5.91 Å². The van der Waals surface area contributed by atoms with Crippen molar-refractivity contribution in [3.63, 3.8) is 0 Å². The summed E-state index contributed by atoms with van der Waals surface area (Å²) in [5.74, 6) is -2.07. The highest BCUT2D eigenvalue weighted by molar-refractivity contribution is 6.32. The maximum Gasteiger partial charge on any atom is 0.338 e. The van der Waals surface area contributed by atoms with E-state index in [1.807, 2.05) is 0 Å². The van der Waals surface area contributed by atoms with E-state index in [0.29, 0.717) is 29.3 Å². The van der Waals surface area contributed by atoms with Gasteiger partial charge in [-0.1, -0.05) is 0 Å². The van der Waals surface area contributed by atoms with Gasteiger partial charge in [-0.15, -0.1) is 23.2 Å². The molecule has 9 nitrogen and oxygen atoms in total. The summed E-state index contributed by atoms with van der Waals surface area (Å²) >= 11 is 12.8. The molecule has 1 aliphatic heterocycles. The van der Waals surface area contributed by atoms with Crippen LogP contribution in [-0.2, 0) is 19.1 Å². The number of methoxy groups -OCH3 is 2. The van der Waals surface area contributed by atoms with Crippen LogP contribution >= 0.6 is 23.2 Å². The van der Waals surface area contributed by atoms with Gasteiger partial charge in [0.15, 0.2) is 6.61 Å². The lowest BCUT2D eigenvalue weighted by molar-refractivity contribution is -0.123. The Morgan fingerprint density at radius 2 is 1.57 bits per heavy atom. The molecule has 0 radical (unpaired) electrons. The number of anilines is 2. The van der Waals surface area contributed by atoms with Gasteiger partial charge in [-0.25, -0.2) is 4.79 Å². The van der Waals surface area contributed by atoms with Crippen LogP contribution in [0.2, 0.25) is 0 Å². The number of hydrogen-bond acceptors (Lipinski definition) is 7. The molecule has 3 aliphatic rings. The average molecular weight is 547 g/mol. The van der Waals surface area contributed by atoms with Gasteiger partial charge in [0.05, 0.1) is 53.7 Å². The van der Waals surface area contributed by atoms with E-state index in [1.165, 1.54) is 38.5 Å². The number of rotatable bonds is 7. The van der Waals surface area contributed by atoms with Crippen LogP contribution in [0.25, 0.3) is 0 Å². The van der Waals surface area contributed by atoms with Crippen LogP contribution in [0.1, 0.15) is 16.8 Å². The highest BCUT2D eigenvalue weighted by Gasteiger charge is 2.66. The van der Waals surface area contributed by atoms with Crippen molar-refractivity contribution < 1.29 is 33.4 Å². The molecule has 2 aromatic carbocycles. The number of hydrogen-bond donors (Lipinski definition) is 1. The summed E-state index contributed by atoms with van der Waals surface area (Å²) in [7, 11) is 2.96. The van der Waals surface area contributed by atoms with E-state index in [4.69, 9.17) is 37.4 Å². The summed E-state index contributed by atoms with van der Waals surface area (Å²) in [6.45, 7) is -0.532. The number of benzene rings is 2. The van der Waals surface area contributed by atoms with Crippen molar-refractivity contribution in [1.29, 1.82) is 0 Å². The Morgan fingerprint density at radius 1 is 0.946 bits per heavy atom. The zero-order valence-corrected chi connectivity index (χ0v) is 21.5. The Morgan fingerprint density at radius 3 is 2.14 bits per heavy atom. The molecule has 37 heavy (non-hydrogen) atoms. The Hall–Kier alpha value is -3.30. The highest BCUT2D eigenvalue weighted by atomic mass is 35.5. The Labute approximate surface area is 222 Å². The summed E-state index contributed by atoms with van der Waals surface area (Å²) < 4.78 is 15.5. The number of fused-ring (bicyclic) bond motifs is 5. The fourth-order valence-corrected chi connectivity index (χ4v) is 6.56. The number of esters is 1. The molecule has 0 unspecified atom stereocenters. The van der Waals surface area contributed by atoms with Crippen molar-refractivity contribution in [2.45, 2.75) is 17.2 Å². The van der Waals surface area contributed by atoms with Crippen LogP contribution in [0.5, 0.6) is 11.5 Å². The van der Waals surface area contributed by atoms with E-state index in [2.05, 4.69) is 5.32 Å². The maximum absolute atomic E-state index is 13.1. The van der Waals surface area contributed by atoms with E-state index >= 15 is 0 Å². The van der Waals surface area contributed by atoms with E-state index in [1.54, 1.807) is 18.2 Å². The predicted molar refractivity (Wildman–Crippen MR) is 135 cm³/mol. The normalized spacial score (nSPS) is 27.7. The first-order chi connectivity index (χ1) is 17.7. The maximum atomic E-state index is 13.1. The largest absolute Gasteiger partial charge is 0.497 e. The average Bonchev–Trinajstić information content (AvgIpc) is 3.52. The summed E-state index contributed by atoms with van der Waals surface area (Å²) in [6.07, 6.45) is 0.686. The summed E-state index contributed by atoms with van der Waals surface area (Å²) in [5.41, 5.74) is 0.892. The number of halogens is 2. The van der Waals surface area contributed by atoms with Gasteiger partial charge in [-0.3, -0.25) is 19.3 Å². The number of carbonyl (C=O) groups is 4. The van der Waals surface area contributed by atoms with Crippen molar-refractivity contribution in [2.24, 2.45) is 23.7 Å². The molecule has 1 N–H and O–H groups in total. The Bertz CT molecular complexity index is 1240. The predicted octanol–water partition coefficient (Wildman–Crippen LogP) is 3.47. The number of alkyl halides is 2. The topological polar surface area (TPSA) is 111 Å². The molecule has 3 amide bonds. The van der Waals surface area contributed by atoms with Gasteiger partial charge in [-0.05, 0) is 54.7 Å². The number of amides is 3. The second-order valence-electron chi connectivity index (χ2n) is 9.25. The minimum absolute atomic E-state index is 0.113. The molecule has 2 aromatic rings. The number of carbonyl (C=O) groups excluding carboxylic acids is 4. The summed E-state index contributed by atoms with van der Waals surface area (Å²) in [4.78, 5) is 52.2. The quantitative estimate of drug-likeness (QED) is 0.321. The third-order valence-electron chi connectivity index (χ3n) is 7.36. The molecule has 2 aliphatic carbocycles. The summed E-state index contributed by atoms with van der Waals surface area (Å²) in [6, 6.07) is 10.8. The van der Waals surface area contributed by atoms with Gasteiger partial charge in [-0.2, -0.15) is 0 Å². The molecule has 2 saturated carbocycles. The second-order valence-corrected chi connectivity index (χ2v) is 10.3. The van der Waals surface area contributed by atoms with Crippen molar-refractivity contribution in [2.75, 3.05) is 31.0 Å². The fraction of sp³-hybridized carbons (Fsp3) is 0.385. The van der Waals surface area contributed by atoms with Gasteiger partial charge in [0, 0.05) is 6.07 Å². The van der Waals surface area contributed by atoms with E-state index in [0.717, 1.165) is 4.90 Å². The van der Waals surface area contributed by atoms with Crippen LogP contribution in [0.4, 0.5) is 11.4 Å². The molecule has 6 atom stereocenters. The molecular weight excluding hydrogens is 523 g/mol. The van der Waals surface area contributed by atoms with Crippen molar-refractivity contribution in [1.82, 2.24) is 0 Å². The van der Waals surface area contributed by atoms with Crippen LogP contribution in [0.15, 0.2) is 42.5 Å².